The highest BCUT2D eigenvalue weighted by molar-refractivity contribution is 7.99. The number of hydrogen-bond donors (Lipinski definition) is 1. The van der Waals surface area contributed by atoms with Gasteiger partial charge in [0.1, 0.15) is 0 Å². The average Bonchev–Trinajstić information content (AvgIpc) is 2.27. The number of aromatic amines is 1. The van der Waals surface area contributed by atoms with Crippen LogP contribution in [0.15, 0.2) is 40.0 Å². The predicted molar refractivity (Wildman–Crippen MR) is 76.0 cm³/mol. The van der Waals surface area contributed by atoms with Gasteiger partial charge < -0.3 is 4.98 Å². The van der Waals surface area contributed by atoms with Crippen LogP contribution in [0.25, 0.3) is 11.3 Å². The highest BCUT2D eigenvalue weighted by atomic mass is 32.2. The molecule has 0 unspecified atom stereocenters. The van der Waals surface area contributed by atoms with E-state index < -0.39 is 0 Å². The molecule has 1 aromatic carbocycles. The van der Waals surface area contributed by atoms with Crippen LogP contribution in [-0.4, -0.2) is 15.2 Å². The Balaban J connectivity index is 2.31. The van der Waals surface area contributed by atoms with E-state index in [-0.39, 0.29) is 5.69 Å². The molecule has 94 valence electrons. The largest absolute Gasteiger partial charge is 0.345 e. The zero-order valence-corrected chi connectivity index (χ0v) is 11.5. The molecule has 18 heavy (non-hydrogen) atoms. The Hall–Kier alpha value is -1.55. The summed E-state index contributed by atoms with van der Waals surface area (Å²) in [6, 6.07) is 10.0. The van der Waals surface area contributed by atoms with E-state index in [1.165, 1.54) is 4.90 Å². The second kappa shape index (κ2) is 5.40. The van der Waals surface area contributed by atoms with Crippen molar-refractivity contribution in [3.63, 3.8) is 0 Å². The lowest BCUT2D eigenvalue weighted by Crippen LogP contribution is -2.11. The smallest absolute Gasteiger partial charge is 0.310 e. The van der Waals surface area contributed by atoms with E-state index in [0.29, 0.717) is 5.25 Å². The third-order valence-electron chi connectivity index (χ3n) is 2.40. The number of aromatic nitrogens is 2. The summed E-state index contributed by atoms with van der Waals surface area (Å²) >= 11 is 1.82. The maximum absolute atomic E-state index is 11.3. The summed E-state index contributed by atoms with van der Waals surface area (Å²) < 4.78 is 0. The van der Waals surface area contributed by atoms with Gasteiger partial charge in [-0.3, -0.25) is 0 Å². The second-order valence-electron chi connectivity index (χ2n) is 4.45. The minimum atomic E-state index is -0.300. The van der Waals surface area contributed by atoms with Crippen LogP contribution in [0.2, 0.25) is 0 Å². The number of thioether (sulfide) groups is 1. The van der Waals surface area contributed by atoms with Gasteiger partial charge >= 0.3 is 5.69 Å². The second-order valence-corrected chi connectivity index (χ2v) is 6.10. The van der Waals surface area contributed by atoms with Crippen LogP contribution in [0.4, 0.5) is 0 Å². The third kappa shape index (κ3) is 3.23. The molecule has 3 nitrogen and oxygen atoms in total. The van der Waals surface area contributed by atoms with Crippen LogP contribution in [0.5, 0.6) is 0 Å². The Morgan fingerprint density at radius 3 is 2.44 bits per heavy atom. The lowest BCUT2D eigenvalue weighted by atomic mass is 10.1. The molecule has 0 amide bonds. The Morgan fingerprint density at radius 2 is 1.89 bits per heavy atom. The van der Waals surface area contributed by atoms with Crippen LogP contribution in [-0.2, 0) is 0 Å². The molecule has 4 heteroatoms. The first-order valence-corrected chi connectivity index (χ1v) is 6.77. The first kappa shape index (κ1) is 12.9. The van der Waals surface area contributed by atoms with Gasteiger partial charge in [-0.25, -0.2) is 4.79 Å². The highest BCUT2D eigenvalue weighted by Crippen LogP contribution is 2.25. The SMILES string of the molecule is Cc1cc(-c2ccc(SC(C)C)cc2)nc(=O)[nH]1. The minimum Gasteiger partial charge on any atom is -0.310 e. The van der Waals surface area contributed by atoms with Gasteiger partial charge in [-0.15, -0.1) is 11.8 Å². The van der Waals surface area contributed by atoms with E-state index in [4.69, 9.17) is 0 Å². The number of aryl methyl sites for hydroxylation is 1. The van der Waals surface area contributed by atoms with Crippen molar-refractivity contribution >= 4 is 11.8 Å². The van der Waals surface area contributed by atoms with Gasteiger partial charge in [0, 0.05) is 21.4 Å². The quantitative estimate of drug-likeness (QED) is 0.862. The third-order valence-corrected chi connectivity index (χ3v) is 3.42. The number of H-pyrrole nitrogens is 1. The van der Waals surface area contributed by atoms with E-state index >= 15 is 0 Å². The topological polar surface area (TPSA) is 45.8 Å². The van der Waals surface area contributed by atoms with Crippen molar-refractivity contribution in [2.24, 2.45) is 0 Å². The lowest BCUT2D eigenvalue weighted by Gasteiger charge is -2.06. The summed E-state index contributed by atoms with van der Waals surface area (Å²) in [4.78, 5) is 19.2. The summed E-state index contributed by atoms with van der Waals surface area (Å²) in [7, 11) is 0. The fourth-order valence-corrected chi connectivity index (χ4v) is 2.54. The van der Waals surface area contributed by atoms with Crippen molar-refractivity contribution in [2.45, 2.75) is 30.9 Å². The van der Waals surface area contributed by atoms with Gasteiger partial charge in [-0.1, -0.05) is 26.0 Å². The Morgan fingerprint density at radius 1 is 1.22 bits per heavy atom. The van der Waals surface area contributed by atoms with Crippen molar-refractivity contribution in [3.05, 3.63) is 46.5 Å². The Labute approximate surface area is 111 Å². The molecular weight excluding hydrogens is 244 g/mol. The van der Waals surface area contributed by atoms with Crippen molar-refractivity contribution in [1.82, 2.24) is 9.97 Å². The molecule has 0 spiro atoms. The Kier molecular flexibility index (Phi) is 3.87. The number of rotatable bonds is 3. The molecule has 0 bridgehead atoms. The summed E-state index contributed by atoms with van der Waals surface area (Å²) in [5.41, 5.74) is 2.21. The van der Waals surface area contributed by atoms with Crippen LogP contribution in [0.3, 0.4) is 0 Å². The van der Waals surface area contributed by atoms with Crippen molar-refractivity contribution in [1.29, 1.82) is 0 Å². The fourth-order valence-electron chi connectivity index (χ4n) is 1.70. The zero-order chi connectivity index (χ0) is 13.1. The predicted octanol–water partition coefficient (Wildman–Crippen LogP) is 3.25. The van der Waals surface area contributed by atoms with E-state index in [1.54, 1.807) is 0 Å². The molecule has 0 aliphatic carbocycles. The minimum absolute atomic E-state index is 0.300. The van der Waals surface area contributed by atoms with Crippen molar-refractivity contribution in [3.8, 4) is 11.3 Å². The lowest BCUT2D eigenvalue weighted by molar-refractivity contribution is 1.03. The molecule has 1 N–H and O–H groups in total. The normalized spacial score (nSPS) is 10.9. The maximum Gasteiger partial charge on any atom is 0.345 e. The summed E-state index contributed by atoms with van der Waals surface area (Å²) in [5.74, 6) is 0. The zero-order valence-electron chi connectivity index (χ0n) is 10.7. The summed E-state index contributed by atoms with van der Waals surface area (Å²) in [5, 5.41) is 0.566. The van der Waals surface area contributed by atoms with Crippen LogP contribution in [0, 0.1) is 6.92 Å². The van der Waals surface area contributed by atoms with Crippen LogP contribution in [0.1, 0.15) is 19.5 Å². The molecule has 0 fully saturated rings. The summed E-state index contributed by atoms with van der Waals surface area (Å²) in [6.07, 6.45) is 0. The molecule has 2 rings (SSSR count). The molecule has 2 aromatic rings. The van der Waals surface area contributed by atoms with Gasteiger partial charge in [0.25, 0.3) is 0 Å². The number of benzene rings is 1. The molecule has 0 aliphatic rings. The van der Waals surface area contributed by atoms with Gasteiger partial charge in [-0.2, -0.15) is 4.98 Å². The van der Waals surface area contributed by atoms with E-state index in [9.17, 15) is 4.79 Å². The monoisotopic (exact) mass is 260 g/mol. The first-order chi connectivity index (χ1) is 8.54. The van der Waals surface area contributed by atoms with Crippen molar-refractivity contribution < 1.29 is 0 Å². The molecular formula is C14H16N2OS. The summed E-state index contributed by atoms with van der Waals surface area (Å²) in [6.45, 7) is 6.19. The van der Waals surface area contributed by atoms with E-state index in [1.807, 2.05) is 36.9 Å². The number of nitrogens with one attached hydrogen (secondary N) is 1. The first-order valence-electron chi connectivity index (χ1n) is 5.89. The van der Waals surface area contributed by atoms with Gasteiger partial charge in [0.2, 0.25) is 0 Å². The molecule has 0 radical (unpaired) electrons. The molecule has 0 atom stereocenters. The van der Waals surface area contributed by atoms with Gasteiger partial charge in [0.15, 0.2) is 0 Å². The standard InChI is InChI=1S/C14H16N2OS/c1-9(2)18-12-6-4-11(5-7-12)13-8-10(3)15-14(17)16-13/h4-9H,1-3H3,(H,15,16,17). The highest BCUT2D eigenvalue weighted by Gasteiger charge is 2.03. The van der Waals surface area contributed by atoms with Gasteiger partial charge in [0.05, 0.1) is 5.69 Å². The van der Waals surface area contributed by atoms with Crippen molar-refractivity contribution in [2.75, 3.05) is 0 Å². The van der Waals surface area contributed by atoms with Gasteiger partial charge in [-0.05, 0) is 25.1 Å². The average molecular weight is 260 g/mol. The van der Waals surface area contributed by atoms with E-state index in [0.717, 1.165) is 17.0 Å². The number of hydrogen-bond acceptors (Lipinski definition) is 3. The molecule has 1 aromatic heterocycles. The van der Waals surface area contributed by atoms with Crippen LogP contribution >= 0.6 is 11.8 Å². The maximum atomic E-state index is 11.3. The molecule has 1 heterocycles. The Bertz CT molecular complexity index is 587. The number of nitrogens with zero attached hydrogens (tertiary/aromatic N) is 1. The van der Waals surface area contributed by atoms with Crippen LogP contribution < -0.4 is 5.69 Å². The molecule has 0 saturated carbocycles. The molecule has 0 aliphatic heterocycles. The van der Waals surface area contributed by atoms with E-state index in [2.05, 4.69) is 35.9 Å². The molecule has 0 saturated heterocycles. The fraction of sp³-hybridized carbons (Fsp3) is 0.286.